The Morgan fingerprint density at radius 2 is 1.92 bits per heavy atom. The Balaban J connectivity index is 1.61. The number of anilines is 2. The van der Waals surface area contributed by atoms with Crippen LogP contribution in [0.2, 0.25) is 0 Å². The van der Waals surface area contributed by atoms with E-state index in [1.54, 1.807) is 12.1 Å². The minimum absolute atomic E-state index is 0.000314. The van der Waals surface area contributed by atoms with Crippen LogP contribution in [0.15, 0.2) is 65.1 Å². The molecule has 24 heavy (non-hydrogen) atoms. The lowest BCUT2D eigenvalue weighted by Crippen LogP contribution is -2.41. The van der Waals surface area contributed by atoms with Crippen LogP contribution in [-0.2, 0) is 9.59 Å². The molecule has 0 bridgehead atoms. The van der Waals surface area contributed by atoms with Gasteiger partial charge in [0.05, 0.1) is 11.4 Å². The van der Waals surface area contributed by atoms with Gasteiger partial charge in [-0.05, 0) is 30.3 Å². The van der Waals surface area contributed by atoms with Crippen molar-refractivity contribution in [3.63, 3.8) is 0 Å². The second-order valence-electron chi connectivity index (χ2n) is 5.51. The van der Waals surface area contributed by atoms with E-state index < -0.39 is 0 Å². The second-order valence-corrected chi connectivity index (χ2v) is 5.51. The summed E-state index contributed by atoms with van der Waals surface area (Å²) in [5, 5.41) is 3.74. The third-order valence-electron chi connectivity index (χ3n) is 3.87. The quantitative estimate of drug-likeness (QED) is 0.736. The third-order valence-corrected chi connectivity index (χ3v) is 3.87. The Labute approximate surface area is 138 Å². The highest BCUT2D eigenvalue weighted by Crippen LogP contribution is 2.29. The van der Waals surface area contributed by atoms with E-state index in [4.69, 9.17) is 4.42 Å². The molecule has 5 nitrogen and oxygen atoms in total. The van der Waals surface area contributed by atoms with Crippen molar-refractivity contribution in [2.24, 2.45) is 0 Å². The van der Waals surface area contributed by atoms with Crippen molar-refractivity contribution < 1.29 is 14.0 Å². The van der Waals surface area contributed by atoms with Gasteiger partial charge < -0.3 is 9.73 Å². The molecule has 4 rings (SSSR count). The number of amides is 2. The van der Waals surface area contributed by atoms with Crippen LogP contribution in [0.25, 0.3) is 17.0 Å². The zero-order chi connectivity index (χ0) is 16.5. The fourth-order valence-corrected chi connectivity index (χ4v) is 2.76. The summed E-state index contributed by atoms with van der Waals surface area (Å²) in [5.74, 6) is 0.122. The van der Waals surface area contributed by atoms with Gasteiger partial charge in [0.1, 0.15) is 17.9 Å². The van der Waals surface area contributed by atoms with E-state index in [0.717, 1.165) is 11.0 Å². The second kappa shape index (κ2) is 5.70. The average molecular weight is 318 g/mol. The zero-order valence-electron chi connectivity index (χ0n) is 12.7. The maximum absolute atomic E-state index is 12.5. The van der Waals surface area contributed by atoms with Crippen molar-refractivity contribution >= 4 is 40.2 Å². The smallest absolute Gasteiger partial charge is 0.251 e. The van der Waals surface area contributed by atoms with Gasteiger partial charge in [-0.1, -0.05) is 30.3 Å². The average Bonchev–Trinajstić information content (AvgIpc) is 3.02. The number of carbonyl (C=O) groups excluding carboxylic acids is 2. The largest absolute Gasteiger partial charge is 0.457 e. The summed E-state index contributed by atoms with van der Waals surface area (Å²) in [6, 6.07) is 16.8. The van der Waals surface area contributed by atoms with Gasteiger partial charge in [-0.25, -0.2) is 0 Å². The van der Waals surface area contributed by atoms with Crippen molar-refractivity contribution in [1.29, 1.82) is 0 Å². The lowest BCUT2D eigenvalue weighted by molar-refractivity contribution is -0.119. The minimum atomic E-state index is -0.266. The van der Waals surface area contributed by atoms with E-state index >= 15 is 0 Å². The molecule has 0 unspecified atom stereocenters. The molecule has 0 radical (unpaired) electrons. The Morgan fingerprint density at radius 1 is 1.12 bits per heavy atom. The van der Waals surface area contributed by atoms with E-state index in [1.807, 2.05) is 48.5 Å². The fraction of sp³-hybridized carbons (Fsp3) is 0.0526. The van der Waals surface area contributed by atoms with E-state index in [9.17, 15) is 9.59 Å². The molecule has 1 N–H and O–H groups in total. The first-order valence-corrected chi connectivity index (χ1v) is 7.58. The molecule has 2 aromatic carbocycles. The van der Waals surface area contributed by atoms with Crippen LogP contribution in [0.3, 0.4) is 0 Å². The number of nitrogens with one attached hydrogen (secondary N) is 1. The number of benzene rings is 2. The SMILES string of the molecule is O=C1CN(C(=O)/C=C/c2cc3ccccc3o2)c2ccccc2N1. The molecular formula is C19H14N2O3. The zero-order valence-corrected chi connectivity index (χ0v) is 12.7. The molecule has 2 amide bonds. The maximum Gasteiger partial charge on any atom is 0.251 e. The van der Waals surface area contributed by atoms with Gasteiger partial charge in [0, 0.05) is 11.5 Å². The van der Waals surface area contributed by atoms with E-state index in [-0.39, 0.29) is 18.4 Å². The molecular weight excluding hydrogens is 304 g/mol. The number of carbonyl (C=O) groups is 2. The highest BCUT2D eigenvalue weighted by atomic mass is 16.3. The molecule has 2 heterocycles. The van der Waals surface area contributed by atoms with Gasteiger partial charge in [-0.15, -0.1) is 0 Å². The van der Waals surface area contributed by atoms with E-state index in [0.29, 0.717) is 17.1 Å². The van der Waals surface area contributed by atoms with E-state index in [1.165, 1.54) is 11.0 Å². The number of fused-ring (bicyclic) bond motifs is 2. The van der Waals surface area contributed by atoms with Gasteiger partial charge in [-0.3, -0.25) is 14.5 Å². The van der Waals surface area contributed by atoms with Gasteiger partial charge in [0.25, 0.3) is 5.91 Å². The first-order valence-electron chi connectivity index (χ1n) is 7.58. The van der Waals surface area contributed by atoms with Crippen molar-refractivity contribution in [1.82, 2.24) is 0 Å². The van der Waals surface area contributed by atoms with Crippen molar-refractivity contribution in [2.45, 2.75) is 0 Å². The number of hydrogen-bond acceptors (Lipinski definition) is 3. The van der Waals surface area contributed by atoms with Crippen LogP contribution in [0.5, 0.6) is 0 Å². The lowest BCUT2D eigenvalue weighted by atomic mass is 10.2. The minimum Gasteiger partial charge on any atom is -0.457 e. The van der Waals surface area contributed by atoms with Gasteiger partial charge in [0.15, 0.2) is 0 Å². The van der Waals surface area contributed by atoms with Gasteiger partial charge in [0.2, 0.25) is 5.91 Å². The molecule has 0 atom stereocenters. The highest BCUT2D eigenvalue weighted by molar-refractivity contribution is 6.13. The predicted octanol–water partition coefficient (Wildman–Crippen LogP) is 3.43. The lowest BCUT2D eigenvalue weighted by Gasteiger charge is -2.28. The van der Waals surface area contributed by atoms with E-state index in [2.05, 4.69) is 5.32 Å². The molecule has 1 aliphatic rings. The summed E-state index contributed by atoms with van der Waals surface area (Å²) in [6.45, 7) is 0.000314. The fourth-order valence-electron chi connectivity index (χ4n) is 2.76. The Bertz CT molecular complexity index is 938. The summed E-state index contributed by atoms with van der Waals surface area (Å²) >= 11 is 0. The number of furan rings is 1. The number of para-hydroxylation sites is 3. The van der Waals surface area contributed by atoms with Crippen LogP contribution in [0.4, 0.5) is 11.4 Å². The van der Waals surface area contributed by atoms with Crippen LogP contribution >= 0.6 is 0 Å². The van der Waals surface area contributed by atoms with Crippen LogP contribution in [-0.4, -0.2) is 18.4 Å². The van der Waals surface area contributed by atoms with Gasteiger partial charge in [-0.2, -0.15) is 0 Å². The molecule has 1 aliphatic heterocycles. The number of nitrogens with zero attached hydrogens (tertiary/aromatic N) is 1. The standard InChI is InChI=1S/C19H14N2O3/c22-18-12-21(16-7-3-2-6-15(16)20-18)19(23)10-9-14-11-13-5-1-4-8-17(13)24-14/h1-11H,12H2,(H,20,22)/b10-9+. The monoisotopic (exact) mass is 318 g/mol. The Hall–Kier alpha value is -3.34. The number of rotatable bonds is 2. The summed E-state index contributed by atoms with van der Waals surface area (Å²) < 4.78 is 5.66. The highest BCUT2D eigenvalue weighted by Gasteiger charge is 2.25. The first kappa shape index (κ1) is 14.3. The molecule has 0 spiro atoms. The van der Waals surface area contributed by atoms with Crippen LogP contribution in [0.1, 0.15) is 5.76 Å². The predicted molar refractivity (Wildman–Crippen MR) is 92.7 cm³/mol. The van der Waals surface area contributed by atoms with Crippen molar-refractivity contribution in [3.05, 3.63) is 66.4 Å². The summed E-state index contributed by atoms with van der Waals surface area (Å²) in [6.07, 6.45) is 3.05. The van der Waals surface area contributed by atoms with Crippen molar-refractivity contribution in [3.8, 4) is 0 Å². The molecule has 118 valence electrons. The third kappa shape index (κ3) is 2.56. The summed E-state index contributed by atoms with van der Waals surface area (Å²) in [7, 11) is 0. The molecule has 0 saturated carbocycles. The summed E-state index contributed by atoms with van der Waals surface area (Å²) in [5.41, 5.74) is 2.10. The van der Waals surface area contributed by atoms with Crippen molar-refractivity contribution in [2.75, 3.05) is 16.8 Å². The molecule has 0 aliphatic carbocycles. The topological polar surface area (TPSA) is 62.6 Å². The van der Waals surface area contributed by atoms with Crippen LogP contribution < -0.4 is 10.2 Å². The normalized spacial score (nSPS) is 14.0. The summed E-state index contributed by atoms with van der Waals surface area (Å²) in [4.78, 5) is 25.7. The molecule has 0 fully saturated rings. The first-order chi connectivity index (χ1) is 11.7. The molecule has 5 heteroatoms. The van der Waals surface area contributed by atoms with Crippen LogP contribution in [0, 0.1) is 0 Å². The molecule has 1 aromatic heterocycles. The van der Waals surface area contributed by atoms with Gasteiger partial charge >= 0.3 is 0 Å². The molecule has 3 aromatic rings. The molecule has 0 saturated heterocycles. The Kier molecular flexibility index (Phi) is 3.39. The Morgan fingerprint density at radius 3 is 2.79 bits per heavy atom. The number of hydrogen-bond donors (Lipinski definition) is 1. The maximum atomic E-state index is 12.5.